The molecule has 5 rings (SSSR count). The Bertz CT molecular complexity index is 569. The van der Waals surface area contributed by atoms with E-state index in [9.17, 15) is 0 Å². The molecule has 4 fully saturated rings. The van der Waals surface area contributed by atoms with Gasteiger partial charge in [-0.05, 0) is 49.1 Å². The summed E-state index contributed by atoms with van der Waals surface area (Å²) in [4.78, 5) is 0. The third-order valence-electron chi connectivity index (χ3n) is 6.78. The Morgan fingerprint density at radius 1 is 1.22 bits per heavy atom. The number of benzene rings is 1. The summed E-state index contributed by atoms with van der Waals surface area (Å²) in [7, 11) is -0.211. The number of hydrogen-bond acceptors (Lipinski definition) is 3. The Balaban J connectivity index is 0.00000156. The molecule has 4 aliphatic rings. The van der Waals surface area contributed by atoms with E-state index in [0.29, 0.717) is 17.9 Å². The standard InChI is InChI=1S/C18H26BNO2.ClH/c1-17(2)13-9-15(17)18(3)16(10-13)21-19(22-18)14(11-20)12-7-5-4-6-8-12;/h4-8,13-16H,9-11,20H2,1-3H3;1H/t13-,14-,15-,16+,18-;/m0./s1. The first-order chi connectivity index (χ1) is 10.5. The highest BCUT2D eigenvalue weighted by molar-refractivity contribution is 6.47. The van der Waals surface area contributed by atoms with E-state index in [1.54, 1.807) is 0 Å². The fourth-order valence-electron chi connectivity index (χ4n) is 5.18. The molecule has 5 heteroatoms. The lowest BCUT2D eigenvalue weighted by Gasteiger charge is -2.64. The Labute approximate surface area is 145 Å². The molecular weight excluding hydrogens is 308 g/mol. The van der Waals surface area contributed by atoms with Crippen molar-refractivity contribution in [1.82, 2.24) is 0 Å². The van der Waals surface area contributed by atoms with E-state index < -0.39 is 0 Å². The molecule has 2 N–H and O–H groups in total. The molecule has 23 heavy (non-hydrogen) atoms. The van der Waals surface area contributed by atoms with E-state index in [0.717, 1.165) is 12.3 Å². The van der Waals surface area contributed by atoms with Crippen LogP contribution in [-0.4, -0.2) is 25.4 Å². The third kappa shape index (κ3) is 2.38. The van der Waals surface area contributed by atoms with Crippen LogP contribution < -0.4 is 5.73 Å². The Morgan fingerprint density at radius 3 is 2.52 bits per heavy atom. The zero-order chi connectivity index (χ0) is 15.5. The molecule has 0 spiro atoms. The molecule has 1 saturated heterocycles. The molecule has 0 aromatic heterocycles. The highest BCUT2D eigenvalue weighted by Gasteiger charge is 2.68. The summed E-state index contributed by atoms with van der Waals surface area (Å²) in [6.07, 6.45) is 2.64. The zero-order valence-corrected chi connectivity index (χ0v) is 15.0. The second kappa shape index (κ2) is 5.77. The number of halogens is 1. The van der Waals surface area contributed by atoms with Crippen molar-refractivity contribution in [2.45, 2.75) is 51.1 Å². The van der Waals surface area contributed by atoms with Gasteiger partial charge in [-0.1, -0.05) is 44.2 Å². The maximum Gasteiger partial charge on any atom is 0.466 e. The van der Waals surface area contributed by atoms with Crippen LogP contribution in [0.2, 0.25) is 0 Å². The van der Waals surface area contributed by atoms with Gasteiger partial charge in [-0.25, -0.2) is 0 Å². The predicted octanol–water partition coefficient (Wildman–Crippen LogP) is 3.42. The third-order valence-corrected chi connectivity index (χ3v) is 6.78. The molecule has 5 atom stereocenters. The summed E-state index contributed by atoms with van der Waals surface area (Å²) >= 11 is 0. The first-order valence-corrected chi connectivity index (χ1v) is 8.55. The second-order valence-corrected chi connectivity index (χ2v) is 8.09. The van der Waals surface area contributed by atoms with Crippen LogP contribution in [-0.2, 0) is 9.31 Å². The second-order valence-electron chi connectivity index (χ2n) is 8.09. The monoisotopic (exact) mass is 335 g/mol. The van der Waals surface area contributed by atoms with Crippen molar-refractivity contribution in [2.75, 3.05) is 6.54 Å². The quantitative estimate of drug-likeness (QED) is 0.861. The molecule has 126 valence electrons. The molecule has 3 saturated carbocycles. The minimum Gasteiger partial charge on any atom is -0.405 e. The van der Waals surface area contributed by atoms with Crippen LogP contribution >= 0.6 is 12.4 Å². The van der Waals surface area contributed by atoms with Gasteiger partial charge in [0, 0.05) is 5.82 Å². The van der Waals surface area contributed by atoms with Gasteiger partial charge < -0.3 is 15.0 Å². The van der Waals surface area contributed by atoms with E-state index in [1.165, 1.54) is 12.0 Å². The van der Waals surface area contributed by atoms with Gasteiger partial charge in [-0.2, -0.15) is 0 Å². The molecule has 3 aliphatic carbocycles. The first kappa shape index (κ1) is 17.3. The van der Waals surface area contributed by atoms with Crippen LogP contribution in [0.25, 0.3) is 0 Å². The van der Waals surface area contributed by atoms with Crippen LogP contribution in [0.1, 0.15) is 45.0 Å². The molecule has 0 amide bonds. The lowest BCUT2D eigenvalue weighted by atomic mass is 9.43. The SMILES string of the molecule is CC1(C)[C@@H]2C[C@H]3OB([C@@H](CN)c4ccccc4)O[C@@]3(C)[C@H]1C2.Cl. The van der Waals surface area contributed by atoms with E-state index in [2.05, 4.69) is 45.0 Å². The molecular formula is C18H27BClNO2. The molecule has 1 aromatic carbocycles. The van der Waals surface area contributed by atoms with Crippen molar-refractivity contribution in [3.05, 3.63) is 35.9 Å². The van der Waals surface area contributed by atoms with Crippen molar-refractivity contribution in [1.29, 1.82) is 0 Å². The minimum atomic E-state index is -0.211. The van der Waals surface area contributed by atoms with Crippen molar-refractivity contribution in [3.8, 4) is 0 Å². The average Bonchev–Trinajstić information content (AvgIpc) is 2.85. The molecule has 3 nitrogen and oxygen atoms in total. The van der Waals surface area contributed by atoms with Crippen LogP contribution in [0.15, 0.2) is 30.3 Å². The Morgan fingerprint density at radius 2 is 1.91 bits per heavy atom. The Kier molecular flexibility index (Phi) is 4.33. The molecule has 1 aliphatic heterocycles. The summed E-state index contributed by atoms with van der Waals surface area (Å²) in [5, 5.41) is 0. The maximum atomic E-state index is 6.54. The van der Waals surface area contributed by atoms with Gasteiger partial charge >= 0.3 is 7.12 Å². The van der Waals surface area contributed by atoms with E-state index in [-0.39, 0.29) is 37.0 Å². The topological polar surface area (TPSA) is 44.5 Å². The molecule has 1 heterocycles. The number of nitrogens with two attached hydrogens (primary N) is 1. The van der Waals surface area contributed by atoms with Gasteiger partial charge in [0.15, 0.2) is 0 Å². The lowest BCUT2D eigenvalue weighted by molar-refractivity contribution is -0.199. The molecule has 2 bridgehead atoms. The first-order valence-electron chi connectivity index (χ1n) is 8.55. The van der Waals surface area contributed by atoms with Crippen molar-refractivity contribution in [2.24, 2.45) is 23.0 Å². The van der Waals surface area contributed by atoms with E-state index in [4.69, 9.17) is 15.0 Å². The zero-order valence-electron chi connectivity index (χ0n) is 14.2. The van der Waals surface area contributed by atoms with E-state index >= 15 is 0 Å². The van der Waals surface area contributed by atoms with Crippen LogP contribution in [0.5, 0.6) is 0 Å². The summed E-state index contributed by atoms with van der Waals surface area (Å²) in [5.41, 5.74) is 7.50. The minimum absolute atomic E-state index is 0. The van der Waals surface area contributed by atoms with Crippen molar-refractivity contribution in [3.63, 3.8) is 0 Å². The molecule has 0 unspecified atom stereocenters. The van der Waals surface area contributed by atoms with Gasteiger partial charge in [0.1, 0.15) is 0 Å². The van der Waals surface area contributed by atoms with Crippen molar-refractivity contribution < 1.29 is 9.31 Å². The molecule has 1 aromatic rings. The lowest BCUT2D eigenvalue weighted by Crippen LogP contribution is -2.65. The summed E-state index contributed by atoms with van der Waals surface area (Å²) in [6.45, 7) is 7.59. The fraction of sp³-hybridized carbons (Fsp3) is 0.667. The smallest absolute Gasteiger partial charge is 0.405 e. The number of rotatable bonds is 3. The van der Waals surface area contributed by atoms with Crippen molar-refractivity contribution >= 4 is 19.5 Å². The van der Waals surface area contributed by atoms with Gasteiger partial charge in [0.05, 0.1) is 11.7 Å². The predicted molar refractivity (Wildman–Crippen MR) is 95.6 cm³/mol. The van der Waals surface area contributed by atoms with Gasteiger partial charge in [-0.3, -0.25) is 0 Å². The number of hydrogen-bond donors (Lipinski definition) is 1. The summed E-state index contributed by atoms with van der Waals surface area (Å²) in [5.74, 6) is 1.50. The summed E-state index contributed by atoms with van der Waals surface area (Å²) < 4.78 is 12.9. The highest BCUT2D eigenvalue weighted by Crippen LogP contribution is 2.66. The van der Waals surface area contributed by atoms with Crippen LogP contribution in [0, 0.1) is 17.3 Å². The van der Waals surface area contributed by atoms with E-state index in [1.807, 2.05) is 6.07 Å². The Hall–Kier alpha value is -0.545. The fourth-order valence-corrected chi connectivity index (χ4v) is 5.18. The van der Waals surface area contributed by atoms with Gasteiger partial charge in [0.25, 0.3) is 0 Å². The average molecular weight is 336 g/mol. The van der Waals surface area contributed by atoms with Crippen LogP contribution in [0.3, 0.4) is 0 Å². The van der Waals surface area contributed by atoms with Crippen LogP contribution in [0.4, 0.5) is 0 Å². The summed E-state index contributed by atoms with van der Waals surface area (Å²) in [6, 6.07) is 10.4. The van der Waals surface area contributed by atoms with Gasteiger partial charge in [0.2, 0.25) is 0 Å². The normalized spacial score (nSPS) is 38.3. The highest BCUT2D eigenvalue weighted by atomic mass is 35.5. The molecule has 0 radical (unpaired) electrons. The largest absolute Gasteiger partial charge is 0.466 e. The maximum absolute atomic E-state index is 6.54. The van der Waals surface area contributed by atoms with Gasteiger partial charge in [-0.15, -0.1) is 12.4 Å².